The van der Waals surface area contributed by atoms with Crippen LogP contribution < -0.4 is 0 Å². The summed E-state index contributed by atoms with van der Waals surface area (Å²) in [6.07, 6.45) is 17.6. The molecule has 0 saturated carbocycles. The number of hydrogen-bond donors (Lipinski definition) is 0. The number of pyridine rings is 2. The van der Waals surface area contributed by atoms with Crippen molar-refractivity contribution in [2.45, 2.75) is 52.9 Å². The van der Waals surface area contributed by atoms with Crippen LogP contribution in [0.3, 0.4) is 0 Å². The summed E-state index contributed by atoms with van der Waals surface area (Å²) in [5.74, 6) is 0.902. The zero-order valence-electron chi connectivity index (χ0n) is 25.9. The molecule has 7 aromatic rings. The Morgan fingerprint density at radius 3 is 2.29 bits per heavy atom. The van der Waals surface area contributed by atoms with E-state index in [2.05, 4.69) is 101 Å². The van der Waals surface area contributed by atoms with Crippen molar-refractivity contribution in [3.05, 3.63) is 127 Å². The topological polar surface area (TPSA) is 48.5 Å². The molecule has 7 rings (SSSR count). The molecule has 6 heteroatoms. The van der Waals surface area contributed by atoms with Crippen LogP contribution in [0.5, 0.6) is 0 Å². The molecule has 5 nitrogen and oxygen atoms in total. The first-order valence-corrected chi connectivity index (χ1v) is 15.6. The minimum Gasteiger partial charge on any atom is -0.340 e. The van der Waals surface area contributed by atoms with Gasteiger partial charge in [0.15, 0.2) is 0 Å². The van der Waals surface area contributed by atoms with Crippen molar-refractivity contribution < 1.29 is 20.1 Å². The van der Waals surface area contributed by atoms with Crippen LogP contribution in [0.2, 0.25) is 0 Å². The van der Waals surface area contributed by atoms with Gasteiger partial charge in [0, 0.05) is 79.4 Å². The van der Waals surface area contributed by atoms with Crippen LogP contribution in [0.25, 0.3) is 55.7 Å². The SMILES string of the molecule is CCCCCCc1cc(C)c(-n2ccnc2-c2[c-]cccc2)c(C)c1-c1cccc(-n2c3ccncc3c3cnccc32)c1.[Ir]. The Bertz CT molecular complexity index is 2040. The van der Waals surface area contributed by atoms with E-state index in [9.17, 15) is 0 Å². The summed E-state index contributed by atoms with van der Waals surface area (Å²) >= 11 is 0. The fourth-order valence-electron chi connectivity index (χ4n) is 6.77. The molecule has 0 fully saturated rings. The Morgan fingerprint density at radius 1 is 0.800 bits per heavy atom. The van der Waals surface area contributed by atoms with E-state index in [-0.39, 0.29) is 20.1 Å². The number of hydrogen-bond acceptors (Lipinski definition) is 3. The van der Waals surface area contributed by atoms with E-state index in [1.807, 2.05) is 49.2 Å². The average Bonchev–Trinajstić information content (AvgIpc) is 3.67. The molecule has 0 bridgehead atoms. The Balaban J connectivity index is 0.00000357. The minimum absolute atomic E-state index is 0. The van der Waals surface area contributed by atoms with E-state index in [0.29, 0.717) is 0 Å². The summed E-state index contributed by atoms with van der Waals surface area (Å²) in [7, 11) is 0. The van der Waals surface area contributed by atoms with Gasteiger partial charge in [-0.1, -0.05) is 44.4 Å². The monoisotopic (exact) mass is 767 g/mol. The molecule has 45 heavy (non-hydrogen) atoms. The number of rotatable bonds is 9. The molecule has 0 aliphatic carbocycles. The minimum atomic E-state index is 0. The van der Waals surface area contributed by atoms with E-state index in [1.165, 1.54) is 59.2 Å². The molecule has 0 aliphatic rings. The van der Waals surface area contributed by atoms with E-state index in [0.717, 1.165) is 45.3 Å². The van der Waals surface area contributed by atoms with Crippen LogP contribution in [0, 0.1) is 19.9 Å². The predicted octanol–water partition coefficient (Wildman–Crippen LogP) is 9.63. The third-order valence-electron chi connectivity index (χ3n) is 8.71. The maximum absolute atomic E-state index is 4.76. The van der Waals surface area contributed by atoms with Gasteiger partial charge in [0.25, 0.3) is 0 Å². The third-order valence-corrected chi connectivity index (χ3v) is 8.71. The van der Waals surface area contributed by atoms with Crippen LogP contribution in [0.1, 0.15) is 49.3 Å². The van der Waals surface area contributed by atoms with Gasteiger partial charge < -0.3 is 9.13 Å². The number of nitrogens with zero attached hydrogens (tertiary/aromatic N) is 5. The summed E-state index contributed by atoms with van der Waals surface area (Å²) in [6, 6.07) is 27.0. The zero-order chi connectivity index (χ0) is 30.0. The van der Waals surface area contributed by atoms with Gasteiger partial charge in [0.2, 0.25) is 0 Å². The summed E-state index contributed by atoms with van der Waals surface area (Å²) in [6.45, 7) is 6.78. The van der Waals surface area contributed by atoms with E-state index < -0.39 is 0 Å². The van der Waals surface area contributed by atoms with Gasteiger partial charge in [-0.05, 0) is 78.8 Å². The molecule has 0 saturated heterocycles. The van der Waals surface area contributed by atoms with E-state index >= 15 is 0 Å². The molecule has 0 atom stereocenters. The van der Waals surface area contributed by atoms with Gasteiger partial charge in [-0.15, -0.1) is 35.9 Å². The first kappa shape index (κ1) is 30.6. The van der Waals surface area contributed by atoms with Crippen LogP contribution in [-0.4, -0.2) is 24.1 Å². The van der Waals surface area contributed by atoms with Crippen molar-refractivity contribution in [1.82, 2.24) is 24.1 Å². The van der Waals surface area contributed by atoms with Gasteiger partial charge in [0.05, 0.1) is 16.9 Å². The summed E-state index contributed by atoms with van der Waals surface area (Å²) in [4.78, 5) is 13.6. The number of aryl methyl sites for hydroxylation is 2. The molecule has 0 aliphatic heterocycles. The fourth-order valence-corrected chi connectivity index (χ4v) is 6.77. The Morgan fingerprint density at radius 2 is 1.58 bits per heavy atom. The van der Waals surface area contributed by atoms with Crippen molar-refractivity contribution in [3.8, 4) is 33.9 Å². The zero-order valence-corrected chi connectivity index (χ0v) is 28.3. The molecule has 3 aromatic carbocycles. The molecule has 0 N–H and O–H groups in total. The normalized spacial score (nSPS) is 11.3. The van der Waals surface area contributed by atoms with Crippen molar-refractivity contribution in [2.24, 2.45) is 0 Å². The van der Waals surface area contributed by atoms with Crippen LogP contribution in [0.15, 0.2) is 104 Å². The molecule has 0 spiro atoms. The van der Waals surface area contributed by atoms with Crippen molar-refractivity contribution in [2.75, 3.05) is 0 Å². The Hall–Kier alpha value is -4.38. The standard InChI is InChI=1S/C39H36N5.Ir/c1-4-5-6-8-14-30-23-27(2)38(43-22-21-42-39(43)29-12-9-7-10-13-29)28(3)37(30)31-15-11-16-32(24-31)44-35-17-19-40-25-33(35)34-26-41-20-18-36(34)44;/h7,9-12,15-26H,4-6,8,14H2,1-3H3;/q-1;. The second-order valence-electron chi connectivity index (χ2n) is 11.6. The molecule has 227 valence electrons. The number of benzene rings is 3. The van der Waals surface area contributed by atoms with Gasteiger partial charge in [-0.2, -0.15) is 0 Å². The fraction of sp³-hybridized carbons (Fsp3) is 0.205. The van der Waals surface area contributed by atoms with Crippen LogP contribution in [-0.2, 0) is 26.5 Å². The summed E-state index contributed by atoms with van der Waals surface area (Å²) in [5, 5.41) is 2.22. The van der Waals surface area contributed by atoms with Gasteiger partial charge in [-0.3, -0.25) is 15.0 Å². The van der Waals surface area contributed by atoms with Crippen molar-refractivity contribution in [3.63, 3.8) is 0 Å². The Labute approximate surface area is 278 Å². The molecule has 0 amide bonds. The number of fused-ring (bicyclic) bond motifs is 3. The first-order chi connectivity index (χ1) is 21.7. The van der Waals surface area contributed by atoms with E-state index in [4.69, 9.17) is 4.98 Å². The van der Waals surface area contributed by atoms with Crippen molar-refractivity contribution >= 4 is 21.8 Å². The average molecular weight is 767 g/mol. The molecular weight excluding hydrogens is 731 g/mol. The molecule has 4 heterocycles. The molecule has 0 unspecified atom stereocenters. The van der Waals surface area contributed by atoms with Gasteiger partial charge in [-0.25, -0.2) is 0 Å². The second kappa shape index (κ2) is 13.3. The maximum atomic E-state index is 4.76. The summed E-state index contributed by atoms with van der Waals surface area (Å²) in [5.41, 5.74) is 12.0. The van der Waals surface area contributed by atoms with Crippen LogP contribution >= 0.6 is 0 Å². The quantitative estimate of drug-likeness (QED) is 0.109. The maximum Gasteiger partial charge on any atom is 0.0602 e. The smallest absolute Gasteiger partial charge is 0.0602 e. The molecular formula is C39H36IrN5-. The molecule has 4 aromatic heterocycles. The van der Waals surface area contributed by atoms with E-state index in [1.54, 1.807) is 0 Å². The number of aromatic nitrogens is 5. The predicted molar refractivity (Wildman–Crippen MR) is 181 cm³/mol. The number of unbranched alkanes of at least 4 members (excludes halogenated alkanes) is 3. The number of imidazole rings is 1. The van der Waals surface area contributed by atoms with Crippen molar-refractivity contribution in [1.29, 1.82) is 0 Å². The van der Waals surface area contributed by atoms with Gasteiger partial charge in [0.1, 0.15) is 0 Å². The Kier molecular flexibility index (Phi) is 9.06. The van der Waals surface area contributed by atoms with Gasteiger partial charge >= 0.3 is 0 Å². The van der Waals surface area contributed by atoms with Crippen LogP contribution in [0.4, 0.5) is 0 Å². The molecule has 1 radical (unpaired) electrons. The first-order valence-electron chi connectivity index (χ1n) is 15.6. The third kappa shape index (κ3) is 5.65. The summed E-state index contributed by atoms with van der Waals surface area (Å²) < 4.78 is 4.57. The second-order valence-corrected chi connectivity index (χ2v) is 11.6. The largest absolute Gasteiger partial charge is 0.340 e.